The van der Waals surface area contributed by atoms with Gasteiger partial charge in [0.05, 0.1) is 4.92 Å². The van der Waals surface area contributed by atoms with Gasteiger partial charge in [-0.25, -0.2) is 0 Å². The molecule has 5 nitrogen and oxygen atoms in total. The average Bonchev–Trinajstić information content (AvgIpc) is 2.15. The lowest BCUT2D eigenvalue weighted by atomic mass is 9.98. The van der Waals surface area contributed by atoms with E-state index in [9.17, 15) is 14.9 Å². The van der Waals surface area contributed by atoms with E-state index in [4.69, 9.17) is 5.73 Å². The van der Waals surface area contributed by atoms with Gasteiger partial charge in [0, 0.05) is 5.56 Å². The van der Waals surface area contributed by atoms with Crippen LogP contribution in [0.5, 0.6) is 0 Å². The van der Waals surface area contributed by atoms with Crippen molar-refractivity contribution in [3.63, 3.8) is 0 Å². The van der Waals surface area contributed by atoms with E-state index in [0.29, 0.717) is 12.0 Å². The van der Waals surface area contributed by atoms with Crippen molar-refractivity contribution < 1.29 is 9.72 Å². The van der Waals surface area contributed by atoms with Gasteiger partial charge in [0.15, 0.2) is 0 Å². The minimum absolute atomic E-state index is 0.0249. The molecule has 0 unspecified atom stereocenters. The summed E-state index contributed by atoms with van der Waals surface area (Å²) < 4.78 is 0. The summed E-state index contributed by atoms with van der Waals surface area (Å²) in [7, 11) is 0. The van der Waals surface area contributed by atoms with Crippen molar-refractivity contribution in [2.24, 2.45) is 11.7 Å². The molecular formula is C11H14N2O3. The van der Waals surface area contributed by atoms with E-state index in [1.807, 2.05) is 13.8 Å². The zero-order chi connectivity index (χ0) is 12.3. The number of rotatable bonds is 4. The molecule has 0 saturated carbocycles. The molecular weight excluding hydrogens is 208 g/mol. The summed E-state index contributed by atoms with van der Waals surface area (Å²) in [5.74, 6) is -0.487. The van der Waals surface area contributed by atoms with Crippen LogP contribution < -0.4 is 5.73 Å². The van der Waals surface area contributed by atoms with Crippen LogP contribution in [0.15, 0.2) is 18.2 Å². The quantitative estimate of drug-likeness (QED) is 0.623. The molecule has 0 saturated heterocycles. The molecule has 16 heavy (non-hydrogen) atoms. The summed E-state index contributed by atoms with van der Waals surface area (Å²) in [5, 5.41) is 10.9. The standard InChI is InChI=1S/C11H14N2O3/c1-7(2)6-8-4-3-5-9(11(12)14)10(8)13(15)16/h3-5,7H,6H2,1-2H3,(H2,12,14). The molecule has 1 aromatic carbocycles. The Morgan fingerprint density at radius 1 is 1.50 bits per heavy atom. The monoisotopic (exact) mass is 222 g/mol. The maximum absolute atomic E-state index is 11.1. The number of primary amides is 1. The molecule has 1 aromatic rings. The number of nitrogens with zero attached hydrogens (tertiary/aromatic N) is 1. The predicted octanol–water partition coefficient (Wildman–Crippen LogP) is 1.89. The van der Waals surface area contributed by atoms with Crippen molar-refractivity contribution in [2.45, 2.75) is 20.3 Å². The summed E-state index contributed by atoms with van der Waals surface area (Å²) >= 11 is 0. The van der Waals surface area contributed by atoms with Crippen LogP contribution >= 0.6 is 0 Å². The van der Waals surface area contributed by atoms with Gasteiger partial charge in [0.1, 0.15) is 5.56 Å². The minimum atomic E-state index is -0.766. The van der Waals surface area contributed by atoms with Crippen LogP contribution in [-0.2, 0) is 6.42 Å². The highest BCUT2D eigenvalue weighted by molar-refractivity contribution is 5.97. The molecule has 5 heteroatoms. The predicted molar refractivity (Wildman–Crippen MR) is 60.2 cm³/mol. The summed E-state index contributed by atoms with van der Waals surface area (Å²) in [6, 6.07) is 4.65. The second-order valence-corrected chi connectivity index (χ2v) is 4.03. The van der Waals surface area contributed by atoms with Gasteiger partial charge in [-0.05, 0) is 18.4 Å². The first kappa shape index (κ1) is 12.2. The first-order valence-electron chi connectivity index (χ1n) is 4.99. The molecule has 86 valence electrons. The maximum atomic E-state index is 11.1. The molecule has 0 bridgehead atoms. The van der Waals surface area contributed by atoms with Crippen molar-refractivity contribution in [1.29, 1.82) is 0 Å². The molecule has 0 fully saturated rings. The molecule has 1 rings (SSSR count). The Kier molecular flexibility index (Phi) is 3.60. The number of nitro benzene ring substituents is 1. The fourth-order valence-electron chi connectivity index (χ4n) is 1.61. The second kappa shape index (κ2) is 4.74. The highest BCUT2D eigenvalue weighted by Gasteiger charge is 2.22. The highest BCUT2D eigenvalue weighted by Crippen LogP contribution is 2.25. The van der Waals surface area contributed by atoms with Crippen molar-refractivity contribution in [1.82, 2.24) is 0 Å². The van der Waals surface area contributed by atoms with E-state index in [1.54, 1.807) is 12.1 Å². The Morgan fingerprint density at radius 2 is 2.12 bits per heavy atom. The topological polar surface area (TPSA) is 86.2 Å². The van der Waals surface area contributed by atoms with Crippen LogP contribution in [0, 0.1) is 16.0 Å². The van der Waals surface area contributed by atoms with Gasteiger partial charge in [-0.1, -0.05) is 26.0 Å². The van der Waals surface area contributed by atoms with Crippen LogP contribution in [0.1, 0.15) is 29.8 Å². The second-order valence-electron chi connectivity index (χ2n) is 4.03. The number of hydrogen-bond donors (Lipinski definition) is 1. The van der Waals surface area contributed by atoms with Gasteiger partial charge < -0.3 is 5.73 Å². The van der Waals surface area contributed by atoms with Gasteiger partial charge in [-0.15, -0.1) is 0 Å². The number of carbonyl (C=O) groups excluding carboxylic acids is 1. The third-order valence-corrected chi connectivity index (χ3v) is 2.20. The highest BCUT2D eigenvalue weighted by atomic mass is 16.6. The number of para-hydroxylation sites is 1. The summed E-state index contributed by atoms with van der Waals surface area (Å²) in [4.78, 5) is 21.5. The number of carbonyl (C=O) groups is 1. The Labute approximate surface area is 93.4 Å². The number of nitrogens with two attached hydrogens (primary N) is 1. The third-order valence-electron chi connectivity index (χ3n) is 2.20. The summed E-state index contributed by atoms with van der Waals surface area (Å²) in [5.41, 5.74) is 5.47. The van der Waals surface area contributed by atoms with Crippen LogP contribution in [0.4, 0.5) is 5.69 Å². The molecule has 1 amide bonds. The lowest BCUT2D eigenvalue weighted by Gasteiger charge is -2.07. The normalized spacial score (nSPS) is 10.4. The van der Waals surface area contributed by atoms with E-state index < -0.39 is 10.8 Å². The van der Waals surface area contributed by atoms with Crippen molar-refractivity contribution in [2.75, 3.05) is 0 Å². The molecule has 0 aliphatic heterocycles. The van der Waals surface area contributed by atoms with Gasteiger partial charge in [0.25, 0.3) is 11.6 Å². The van der Waals surface area contributed by atoms with Crippen LogP contribution in [-0.4, -0.2) is 10.8 Å². The average molecular weight is 222 g/mol. The van der Waals surface area contributed by atoms with Crippen molar-refractivity contribution in [3.8, 4) is 0 Å². The number of nitro groups is 1. The Hall–Kier alpha value is -1.91. The van der Waals surface area contributed by atoms with Crippen LogP contribution in [0.2, 0.25) is 0 Å². The maximum Gasteiger partial charge on any atom is 0.285 e. The molecule has 0 atom stereocenters. The largest absolute Gasteiger partial charge is 0.365 e. The first-order valence-corrected chi connectivity index (χ1v) is 4.99. The fraction of sp³-hybridized carbons (Fsp3) is 0.364. The van der Waals surface area contributed by atoms with E-state index in [-0.39, 0.29) is 17.2 Å². The summed E-state index contributed by atoms with van der Waals surface area (Å²) in [6.07, 6.45) is 0.553. The van der Waals surface area contributed by atoms with E-state index in [2.05, 4.69) is 0 Å². The Balaban J connectivity index is 3.32. The van der Waals surface area contributed by atoms with E-state index in [0.717, 1.165) is 0 Å². The molecule has 0 spiro atoms. The van der Waals surface area contributed by atoms with Gasteiger partial charge in [0.2, 0.25) is 0 Å². The zero-order valence-electron chi connectivity index (χ0n) is 9.27. The SMILES string of the molecule is CC(C)Cc1cccc(C(N)=O)c1[N+](=O)[O-]. The van der Waals surface area contributed by atoms with E-state index in [1.165, 1.54) is 6.07 Å². The number of amides is 1. The smallest absolute Gasteiger partial charge is 0.285 e. The van der Waals surface area contributed by atoms with Gasteiger partial charge in [-0.2, -0.15) is 0 Å². The lowest BCUT2D eigenvalue weighted by molar-refractivity contribution is -0.385. The molecule has 0 heterocycles. The first-order chi connectivity index (χ1) is 7.43. The van der Waals surface area contributed by atoms with Gasteiger partial charge in [-0.3, -0.25) is 14.9 Å². The molecule has 0 aliphatic carbocycles. The van der Waals surface area contributed by atoms with Gasteiger partial charge >= 0.3 is 0 Å². The Morgan fingerprint density at radius 3 is 2.56 bits per heavy atom. The molecule has 0 aliphatic rings. The fourth-order valence-corrected chi connectivity index (χ4v) is 1.61. The Bertz CT molecular complexity index is 427. The van der Waals surface area contributed by atoms with Crippen LogP contribution in [0.25, 0.3) is 0 Å². The molecule has 2 N–H and O–H groups in total. The molecule has 0 radical (unpaired) electrons. The van der Waals surface area contributed by atoms with Crippen molar-refractivity contribution in [3.05, 3.63) is 39.4 Å². The minimum Gasteiger partial charge on any atom is -0.365 e. The number of benzene rings is 1. The lowest BCUT2D eigenvalue weighted by Crippen LogP contribution is -2.15. The summed E-state index contributed by atoms with van der Waals surface area (Å²) in [6.45, 7) is 3.92. The van der Waals surface area contributed by atoms with Crippen molar-refractivity contribution >= 4 is 11.6 Å². The zero-order valence-corrected chi connectivity index (χ0v) is 9.27. The third kappa shape index (κ3) is 2.56. The van der Waals surface area contributed by atoms with Crippen LogP contribution in [0.3, 0.4) is 0 Å². The molecule has 0 aromatic heterocycles. The van der Waals surface area contributed by atoms with E-state index >= 15 is 0 Å². The number of hydrogen-bond acceptors (Lipinski definition) is 3.